The third-order valence-corrected chi connectivity index (χ3v) is 10.0. The molecule has 1 atom stereocenters. The van der Waals surface area contributed by atoms with Gasteiger partial charge in [-0.1, -0.05) is 109 Å². The lowest BCUT2D eigenvalue weighted by Gasteiger charge is -2.37. The predicted molar refractivity (Wildman–Crippen MR) is 214 cm³/mol. The third kappa shape index (κ3) is 4.98. The molecule has 0 aliphatic rings. The number of nitrogens with zero attached hydrogens (tertiary/aromatic N) is 3. The number of para-hydroxylation sites is 2. The van der Waals surface area contributed by atoms with Gasteiger partial charge in [-0.05, 0) is 96.7 Å². The van der Waals surface area contributed by atoms with Gasteiger partial charge in [-0.15, -0.1) is 0 Å². The molecule has 0 saturated heterocycles. The van der Waals surface area contributed by atoms with Crippen LogP contribution in [-0.4, -0.2) is 53.7 Å². The SMILES string of the molecule is [B]C([B])(O)C([B])(O)c1nc2ccccc2n1-c1ccc(-c2c3ccccc3c(-c3cccc(-c4ccncc4)c3)c3ccccc23)c2ccccc12. The second kappa shape index (κ2) is 12.1. The fourth-order valence-corrected chi connectivity index (χ4v) is 7.53. The molecule has 0 amide bonds. The summed E-state index contributed by atoms with van der Waals surface area (Å²) in [7, 11) is 17.9. The van der Waals surface area contributed by atoms with Crippen LogP contribution >= 0.6 is 0 Å². The van der Waals surface area contributed by atoms with Crippen molar-refractivity contribution in [2.24, 2.45) is 0 Å². The van der Waals surface area contributed by atoms with Crippen LogP contribution in [0.2, 0.25) is 0 Å². The molecule has 2 N–H and O–H groups in total. The second-order valence-electron chi connectivity index (χ2n) is 13.2. The standard InChI is InChI=1S/C44H28B3N3O2/c45-43(51,44(46,47)52)42-49-37-18-7-8-19-39(37)50(42)38-21-20-36(30-12-1-2-13-31(30)38)41-34-16-5-3-14-32(34)40(33-15-4-6-17-35(33)41)29-11-9-10-28(26-29)27-22-24-48-25-23-27/h1-26,51-52H. The molecule has 7 aromatic carbocycles. The third-order valence-electron chi connectivity index (χ3n) is 10.0. The first-order valence-electron chi connectivity index (χ1n) is 17.0. The lowest BCUT2D eigenvalue weighted by molar-refractivity contribution is -0.00424. The first-order chi connectivity index (χ1) is 25.2. The molecular formula is C44H28B3N3O2. The molecule has 0 spiro atoms. The van der Waals surface area contributed by atoms with Crippen LogP contribution in [0.25, 0.3) is 82.4 Å². The van der Waals surface area contributed by atoms with Gasteiger partial charge in [-0.2, -0.15) is 0 Å². The minimum atomic E-state index is -2.68. The first-order valence-corrected chi connectivity index (χ1v) is 17.0. The maximum Gasteiger partial charge on any atom is 0.138 e. The predicted octanol–water partition coefficient (Wildman–Crippen LogP) is 8.18. The average molecular weight is 663 g/mol. The molecule has 2 aromatic heterocycles. The van der Waals surface area contributed by atoms with E-state index in [-0.39, 0.29) is 5.82 Å². The molecule has 240 valence electrons. The van der Waals surface area contributed by atoms with E-state index in [2.05, 4.69) is 94.9 Å². The Labute approximate surface area is 304 Å². The van der Waals surface area contributed by atoms with E-state index in [0.717, 1.165) is 60.1 Å². The van der Waals surface area contributed by atoms with E-state index < -0.39 is 10.9 Å². The van der Waals surface area contributed by atoms with Gasteiger partial charge in [0.05, 0.1) is 22.2 Å². The van der Waals surface area contributed by atoms with Crippen LogP contribution in [0.15, 0.2) is 158 Å². The minimum absolute atomic E-state index is 0.0895. The molecule has 2 heterocycles. The van der Waals surface area contributed by atoms with Crippen LogP contribution in [-0.2, 0) is 5.50 Å². The molecule has 6 radical (unpaired) electrons. The number of aromatic nitrogens is 3. The van der Waals surface area contributed by atoms with Crippen molar-refractivity contribution >= 4 is 66.9 Å². The minimum Gasteiger partial charge on any atom is -0.407 e. The van der Waals surface area contributed by atoms with Crippen molar-refractivity contribution in [3.05, 3.63) is 164 Å². The van der Waals surface area contributed by atoms with E-state index in [4.69, 9.17) is 23.5 Å². The summed E-state index contributed by atoms with van der Waals surface area (Å²) in [6.45, 7) is 0. The molecule has 9 rings (SSSR count). The van der Waals surface area contributed by atoms with E-state index in [0.29, 0.717) is 16.7 Å². The van der Waals surface area contributed by atoms with E-state index in [9.17, 15) is 10.2 Å². The van der Waals surface area contributed by atoms with Gasteiger partial charge >= 0.3 is 0 Å². The molecular weight excluding hydrogens is 635 g/mol. The molecule has 0 bridgehead atoms. The highest BCUT2D eigenvalue weighted by molar-refractivity contribution is 6.43. The topological polar surface area (TPSA) is 71.2 Å². The van der Waals surface area contributed by atoms with Crippen molar-refractivity contribution in [1.82, 2.24) is 14.5 Å². The number of rotatable bonds is 6. The number of fused-ring (bicyclic) bond motifs is 4. The van der Waals surface area contributed by atoms with Gasteiger partial charge in [0.2, 0.25) is 0 Å². The molecule has 0 aliphatic heterocycles. The highest BCUT2D eigenvalue weighted by Gasteiger charge is 2.42. The van der Waals surface area contributed by atoms with Gasteiger partial charge in [0.1, 0.15) is 29.4 Å². The first kappa shape index (κ1) is 32.0. The Bertz CT molecular complexity index is 2770. The summed E-state index contributed by atoms with van der Waals surface area (Å²) in [5, 5.41) is 25.7. The number of hydrogen-bond acceptors (Lipinski definition) is 4. The van der Waals surface area contributed by atoms with E-state index in [1.165, 1.54) is 5.56 Å². The quantitative estimate of drug-likeness (QED) is 0.139. The number of aliphatic hydroxyl groups is 2. The van der Waals surface area contributed by atoms with Crippen molar-refractivity contribution in [3.63, 3.8) is 0 Å². The number of hydrogen-bond donors (Lipinski definition) is 2. The highest BCUT2D eigenvalue weighted by Crippen LogP contribution is 2.46. The monoisotopic (exact) mass is 663 g/mol. The summed E-state index contributed by atoms with van der Waals surface area (Å²) < 4.78 is 1.72. The molecule has 5 nitrogen and oxygen atoms in total. The normalized spacial score (nSPS) is 13.2. The van der Waals surface area contributed by atoms with Crippen molar-refractivity contribution in [1.29, 1.82) is 0 Å². The number of pyridine rings is 1. The molecule has 0 fully saturated rings. The number of imidazole rings is 1. The smallest absolute Gasteiger partial charge is 0.138 e. The maximum atomic E-state index is 11.4. The van der Waals surface area contributed by atoms with Crippen LogP contribution in [0.3, 0.4) is 0 Å². The summed E-state index contributed by atoms with van der Waals surface area (Å²) in [5.41, 5.74) is 5.98. The highest BCUT2D eigenvalue weighted by atomic mass is 16.3. The molecule has 0 saturated carbocycles. The summed E-state index contributed by atoms with van der Waals surface area (Å²) in [4.78, 5) is 8.84. The summed E-state index contributed by atoms with van der Waals surface area (Å²) in [6.07, 6.45) is 3.64. The zero-order valence-corrected chi connectivity index (χ0v) is 28.0. The largest absolute Gasteiger partial charge is 0.407 e. The molecule has 9 aromatic rings. The Morgan fingerprint density at radius 3 is 1.71 bits per heavy atom. The average Bonchev–Trinajstić information content (AvgIpc) is 3.57. The van der Waals surface area contributed by atoms with Gasteiger partial charge in [0.25, 0.3) is 0 Å². The van der Waals surface area contributed by atoms with Crippen LogP contribution in [0, 0.1) is 0 Å². The second-order valence-corrected chi connectivity index (χ2v) is 13.2. The Morgan fingerprint density at radius 2 is 1.06 bits per heavy atom. The van der Waals surface area contributed by atoms with Crippen LogP contribution < -0.4 is 0 Å². The lowest BCUT2D eigenvalue weighted by atomic mass is 9.49. The van der Waals surface area contributed by atoms with E-state index in [1.807, 2.05) is 67.0 Å². The van der Waals surface area contributed by atoms with Gasteiger partial charge in [0.15, 0.2) is 0 Å². The van der Waals surface area contributed by atoms with Crippen LogP contribution in [0.5, 0.6) is 0 Å². The Balaban J connectivity index is 1.33. The zero-order valence-electron chi connectivity index (χ0n) is 28.0. The van der Waals surface area contributed by atoms with Crippen LogP contribution in [0.1, 0.15) is 5.82 Å². The van der Waals surface area contributed by atoms with Crippen molar-refractivity contribution in [2.45, 2.75) is 10.9 Å². The summed E-state index contributed by atoms with van der Waals surface area (Å²) in [6, 6.07) is 49.5. The molecule has 8 heteroatoms. The van der Waals surface area contributed by atoms with Gasteiger partial charge in [0, 0.05) is 23.2 Å². The van der Waals surface area contributed by atoms with Gasteiger partial charge < -0.3 is 10.2 Å². The van der Waals surface area contributed by atoms with Crippen molar-refractivity contribution < 1.29 is 10.2 Å². The van der Waals surface area contributed by atoms with Crippen molar-refractivity contribution in [2.75, 3.05) is 0 Å². The van der Waals surface area contributed by atoms with Crippen molar-refractivity contribution in [3.8, 4) is 39.1 Å². The zero-order chi connectivity index (χ0) is 35.6. The fraction of sp³-hybridized carbons (Fsp3) is 0.0455. The molecule has 1 unspecified atom stereocenters. The maximum absolute atomic E-state index is 11.4. The molecule has 52 heavy (non-hydrogen) atoms. The summed E-state index contributed by atoms with van der Waals surface area (Å²) in [5.74, 6) is -0.0895. The van der Waals surface area contributed by atoms with Gasteiger partial charge in [-0.25, -0.2) is 4.98 Å². The van der Waals surface area contributed by atoms with E-state index in [1.54, 1.807) is 10.6 Å². The number of benzene rings is 7. The Morgan fingerprint density at radius 1 is 0.500 bits per heavy atom. The van der Waals surface area contributed by atoms with E-state index >= 15 is 0 Å². The Hall–Kier alpha value is -5.95. The van der Waals surface area contributed by atoms with Crippen LogP contribution in [0.4, 0.5) is 0 Å². The Kier molecular flexibility index (Phi) is 7.44. The fourth-order valence-electron chi connectivity index (χ4n) is 7.53. The molecule has 0 aliphatic carbocycles. The lowest BCUT2D eigenvalue weighted by Crippen LogP contribution is -2.54. The van der Waals surface area contributed by atoms with Gasteiger partial charge in [-0.3, -0.25) is 9.55 Å². The summed E-state index contributed by atoms with van der Waals surface area (Å²) >= 11 is 0.